The highest BCUT2D eigenvalue weighted by Gasteiger charge is 2.37. The van der Waals surface area contributed by atoms with E-state index in [2.05, 4.69) is 85.6 Å². The highest BCUT2D eigenvalue weighted by Crippen LogP contribution is 2.23. The summed E-state index contributed by atoms with van der Waals surface area (Å²) >= 11 is 0. The van der Waals surface area contributed by atoms with Crippen LogP contribution in [-0.2, 0) is 11.3 Å². The molecule has 0 aromatic heterocycles. The summed E-state index contributed by atoms with van der Waals surface area (Å²) in [4.78, 5) is 17.5. The van der Waals surface area contributed by atoms with Gasteiger partial charge in [-0.25, -0.2) is 0 Å². The van der Waals surface area contributed by atoms with E-state index >= 15 is 0 Å². The van der Waals surface area contributed by atoms with Crippen molar-refractivity contribution in [3.8, 4) is 0 Å². The van der Waals surface area contributed by atoms with Crippen LogP contribution < -0.4 is 5.32 Å². The van der Waals surface area contributed by atoms with Crippen molar-refractivity contribution < 1.29 is 4.79 Å². The molecule has 1 aliphatic heterocycles. The molecule has 4 nitrogen and oxygen atoms in total. The minimum absolute atomic E-state index is 0.0546. The van der Waals surface area contributed by atoms with Crippen LogP contribution in [-0.4, -0.2) is 54.0 Å². The zero-order chi connectivity index (χ0) is 21.3. The molecule has 1 N–H and O–H groups in total. The summed E-state index contributed by atoms with van der Waals surface area (Å²) in [5, 5.41) is 3.70. The fourth-order valence-electron chi connectivity index (χ4n) is 4.24. The molecule has 3 rings (SSSR count). The summed E-state index contributed by atoms with van der Waals surface area (Å²) in [7, 11) is 0. The molecule has 30 heavy (non-hydrogen) atoms. The van der Waals surface area contributed by atoms with Gasteiger partial charge in [-0.2, -0.15) is 0 Å². The molecule has 1 amide bonds. The highest BCUT2D eigenvalue weighted by molar-refractivity contribution is 5.82. The molecule has 0 bridgehead atoms. The van der Waals surface area contributed by atoms with Gasteiger partial charge in [0.1, 0.15) is 0 Å². The molecule has 1 aliphatic rings. The zero-order valence-electron chi connectivity index (χ0n) is 18.6. The molecule has 160 valence electrons. The Kier molecular flexibility index (Phi) is 8.23. The molecular formula is C26H35N3O. The predicted octanol–water partition coefficient (Wildman–Crippen LogP) is 4.19. The number of rotatable bonds is 9. The number of likely N-dealkylation sites (tertiary alicyclic amines) is 1. The molecule has 4 heteroatoms. The van der Waals surface area contributed by atoms with Gasteiger partial charge in [-0.1, -0.05) is 72.3 Å². The first-order valence-corrected chi connectivity index (χ1v) is 11.1. The number of carbonyl (C=O) groups is 1. The van der Waals surface area contributed by atoms with Crippen molar-refractivity contribution in [1.29, 1.82) is 0 Å². The predicted molar refractivity (Wildman–Crippen MR) is 125 cm³/mol. The molecule has 2 atom stereocenters. The lowest BCUT2D eigenvalue weighted by molar-refractivity contribution is -0.135. The molecule has 0 spiro atoms. The van der Waals surface area contributed by atoms with Crippen molar-refractivity contribution in [1.82, 2.24) is 15.1 Å². The SMILES string of the molecule is CCN(CC)C(=O)[C@@H]1C[C@@H](NC/C(C)=C/c2ccccc2)CN1Cc1ccccc1. The topological polar surface area (TPSA) is 35.6 Å². The first-order chi connectivity index (χ1) is 14.6. The maximum Gasteiger partial charge on any atom is 0.239 e. The first kappa shape index (κ1) is 22.3. The molecule has 1 fully saturated rings. The van der Waals surface area contributed by atoms with Crippen molar-refractivity contribution in [2.75, 3.05) is 26.2 Å². The molecule has 0 radical (unpaired) electrons. The number of amides is 1. The van der Waals surface area contributed by atoms with Crippen LogP contribution in [0, 0.1) is 0 Å². The summed E-state index contributed by atoms with van der Waals surface area (Å²) in [5.74, 6) is 0.261. The van der Waals surface area contributed by atoms with E-state index in [-0.39, 0.29) is 11.9 Å². The van der Waals surface area contributed by atoms with Gasteiger partial charge < -0.3 is 10.2 Å². The molecular weight excluding hydrogens is 370 g/mol. The minimum Gasteiger partial charge on any atom is -0.342 e. The third-order valence-electron chi connectivity index (χ3n) is 5.87. The van der Waals surface area contributed by atoms with E-state index in [4.69, 9.17) is 0 Å². The number of hydrogen-bond donors (Lipinski definition) is 1. The molecule has 1 heterocycles. The quantitative estimate of drug-likeness (QED) is 0.679. The van der Waals surface area contributed by atoms with Gasteiger partial charge >= 0.3 is 0 Å². The summed E-state index contributed by atoms with van der Waals surface area (Å²) in [6, 6.07) is 21.1. The Labute approximate surface area is 181 Å². The summed E-state index contributed by atoms with van der Waals surface area (Å²) in [6.07, 6.45) is 3.09. The van der Waals surface area contributed by atoms with E-state index in [1.165, 1.54) is 16.7 Å². The average molecular weight is 406 g/mol. The van der Waals surface area contributed by atoms with Gasteiger partial charge in [-0.3, -0.25) is 9.69 Å². The number of nitrogens with zero attached hydrogens (tertiary/aromatic N) is 2. The van der Waals surface area contributed by atoms with Gasteiger partial charge in [0.2, 0.25) is 5.91 Å². The van der Waals surface area contributed by atoms with Gasteiger partial charge in [0, 0.05) is 38.8 Å². The Morgan fingerprint density at radius 1 is 1.07 bits per heavy atom. The van der Waals surface area contributed by atoms with Gasteiger partial charge in [0.15, 0.2) is 0 Å². The van der Waals surface area contributed by atoms with Gasteiger partial charge in [-0.05, 0) is 38.3 Å². The van der Waals surface area contributed by atoms with Gasteiger partial charge in [0.05, 0.1) is 6.04 Å². The smallest absolute Gasteiger partial charge is 0.239 e. The van der Waals surface area contributed by atoms with Crippen LogP contribution in [0.25, 0.3) is 6.08 Å². The maximum atomic E-state index is 13.2. The second-order valence-electron chi connectivity index (χ2n) is 8.16. The van der Waals surface area contributed by atoms with Crippen LogP contribution in [0.3, 0.4) is 0 Å². The number of hydrogen-bond acceptors (Lipinski definition) is 3. The van der Waals surface area contributed by atoms with Crippen LogP contribution in [0.4, 0.5) is 0 Å². The maximum absolute atomic E-state index is 13.2. The van der Waals surface area contributed by atoms with Crippen LogP contribution in [0.2, 0.25) is 0 Å². The second-order valence-corrected chi connectivity index (χ2v) is 8.16. The van der Waals surface area contributed by atoms with Crippen LogP contribution in [0.15, 0.2) is 66.2 Å². The van der Waals surface area contributed by atoms with E-state index in [1.807, 2.05) is 17.0 Å². The third-order valence-corrected chi connectivity index (χ3v) is 5.87. The molecule has 2 aromatic carbocycles. The first-order valence-electron chi connectivity index (χ1n) is 11.1. The molecule has 0 unspecified atom stereocenters. The number of benzene rings is 2. The Morgan fingerprint density at radius 2 is 1.70 bits per heavy atom. The van der Waals surface area contributed by atoms with Gasteiger partial charge in [-0.15, -0.1) is 0 Å². The highest BCUT2D eigenvalue weighted by atomic mass is 16.2. The molecule has 0 aliphatic carbocycles. The Morgan fingerprint density at radius 3 is 2.33 bits per heavy atom. The number of nitrogens with one attached hydrogen (secondary N) is 1. The molecule has 2 aromatic rings. The van der Waals surface area contributed by atoms with E-state index in [0.29, 0.717) is 6.04 Å². The third kappa shape index (κ3) is 6.04. The second kappa shape index (κ2) is 11.1. The molecule has 0 saturated carbocycles. The molecule has 1 saturated heterocycles. The average Bonchev–Trinajstić information content (AvgIpc) is 3.17. The van der Waals surface area contributed by atoms with Crippen molar-refractivity contribution in [2.24, 2.45) is 0 Å². The summed E-state index contributed by atoms with van der Waals surface area (Å²) in [6.45, 7) is 10.4. The lowest BCUT2D eigenvalue weighted by Gasteiger charge is -2.28. The fourth-order valence-corrected chi connectivity index (χ4v) is 4.24. The van der Waals surface area contributed by atoms with Crippen molar-refractivity contribution in [3.63, 3.8) is 0 Å². The Bertz CT molecular complexity index is 815. The lowest BCUT2D eigenvalue weighted by atomic mass is 10.1. The normalized spacial score (nSPS) is 19.8. The lowest BCUT2D eigenvalue weighted by Crippen LogP contribution is -2.45. The van der Waals surface area contributed by atoms with Crippen LogP contribution in [0.5, 0.6) is 0 Å². The van der Waals surface area contributed by atoms with E-state index in [1.54, 1.807) is 0 Å². The minimum atomic E-state index is -0.0546. The van der Waals surface area contributed by atoms with Gasteiger partial charge in [0.25, 0.3) is 0 Å². The van der Waals surface area contributed by atoms with Crippen LogP contribution in [0.1, 0.15) is 38.3 Å². The van der Waals surface area contributed by atoms with E-state index < -0.39 is 0 Å². The number of carbonyl (C=O) groups excluding carboxylic acids is 1. The summed E-state index contributed by atoms with van der Waals surface area (Å²) in [5.41, 5.74) is 3.79. The standard InChI is InChI=1S/C26H35N3O/c1-4-28(5-2)26(30)25-17-24(20-29(25)19-23-14-10-7-11-15-23)27-18-21(3)16-22-12-8-6-9-13-22/h6-16,24-25,27H,4-5,17-20H2,1-3H3/b21-16+/t24-,25+/m1/s1. The van der Waals surface area contributed by atoms with Crippen molar-refractivity contribution in [2.45, 2.75) is 45.8 Å². The van der Waals surface area contributed by atoms with Crippen molar-refractivity contribution >= 4 is 12.0 Å². The van der Waals surface area contributed by atoms with Crippen molar-refractivity contribution in [3.05, 3.63) is 77.4 Å². The Hall–Kier alpha value is -2.43. The monoisotopic (exact) mass is 405 g/mol. The van der Waals surface area contributed by atoms with E-state index in [9.17, 15) is 4.79 Å². The Balaban J connectivity index is 1.66. The zero-order valence-corrected chi connectivity index (χ0v) is 18.6. The fraction of sp³-hybridized carbons (Fsp3) is 0.423. The van der Waals surface area contributed by atoms with Crippen LogP contribution >= 0.6 is 0 Å². The summed E-state index contributed by atoms with van der Waals surface area (Å²) < 4.78 is 0. The van der Waals surface area contributed by atoms with E-state index in [0.717, 1.165) is 39.1 Å². The number of likely N-dealkylation sites (N-methyl/N-ethyl adjacent to an activating group) is 1. The largest absolute Gasteiger partial charge is 0.342 e.